The molecule has 0 radical (unpaired) electrons. The van der Waals surface area contributed by atoms with E-state index in [4.69, 9.17) is 10.8 Å². The van der Waals surface area contributed by atoms with Crippen molar-refractivity contribution in [3.63, 3.8) is 0 Å². The van der Waals surface area contributed by atoms with Gasteiger partial charge in [0.2, 0.25) is 5.91 Å². The molecule has 0 fully saturated rings. The number of hydrogen-bond acceptors (Lipinski definition) is 3. The summed E-state index contributed by atoms with van der Waals surface area (Å²) in [5.41, 5.74) is 6.51. The van der Waals surface area contributed by atoms with Crippen LogP contribution in [0.25, 0.3) is 0 Å². The van der Waals surface area contributed by atoms with Gasteiger partial charge in [-0.2, -0.15) is 0 Å². The minimum atomic E-state index is -0.551. The van der Waals surface area contributed by atoms with Crippen molar-refractivity contribution in [2.75, 3.05) is 6.61 Å². The topological polar surface area (TPSA) is 75.4 Å². The number of carbonyl (C=O) groups excluding carboxylic acids is 1. The fourth-order valence-corrected chi connectivity index (χ4v) is 1.39. The number of aliphatic hydroxyl groups is 1. The molecule has 0 saturated heterocycles. The largest absolute Gasteiger partial charge is 0.394 e. The molecule has 4 N–H and O–H groups in total. The number of rotatable bonds is 5. The summed E-state index contributed by atoms with van der Waals surface area (Å²) in [6, 6.07) is 8.87. The lowest BCUT2D eigenvalue weighted by atomic mass is 10.1. The molecule has 2 atom stereocenters. The van der Waals surface area contributed by atoms with E-state index in [9.17, 15) is 4.79 Å². The third-order valence-corrected chi connectivity index (χ3v) is 2.31. The van der Waals surface area contributed by atoms with E-state index < -0.39 is 6.04 Å². The molecule has 0 spiro atoms. The molecule has 88 valence electrons. The highest BCUT2D eigenvalue weighted by molar-refractivity contribution is 5.81. The molecule has 1 rings (SSSR count). The highest BCUT2D eigenvalue weighted by Crippen LogP contribution is 2.02. The molecule has 4 nitrogen and oxygen atoms in total. The average molecular weight is 222 g/mol. The van der Waals surface area contributed by atoms with Crippen molar-refractivity contribution in [3.8, 4) is 0 Å². The quantitative estimate of drug-likeness (QED) is 0.659. The molecule has 0 aliphatic rings. The number of nitrogens with two attached hydrogens (primary N) is 1. The lowest BCUT2D eigenvalue weighted by Crippen LogP contribution is -2.46. The smallest absolute Gasteiger partial charge is 0.236 e. The lowest BCUT2D eigenvalue weighted by molar-refractivity contribution is -0.123. The van der Waals surface area contributed by atoms with E-state index in [-0.39, 0.29) is 18.6 Å². The third kappa shape index (κ3) is 4.00. The van der Waals surface area contributed by atoms with Gasteiger partial charge in [0, 0.05) is 0 Å². The summed E-state index contributed by atoms with van der Waals surface area (Å²) in [5, 5.41) is 11.9. The second-order valence-electron chi connectivity index (χ2n) is 3.87. The van der Waals surface area contributed by atoms with Gasteiger partial charge in [0.25, 0.3) is 0 Å². The van der Waals surface area contributed by atoms with Crippen LogP contribution in [0.15, 0.2) is 30.3 Å². The van der Waals surface area contributed by atoms with Crippen LogP contribution in [0.5, 0.6) is 0 Å². The Bertz CT molecular complexity index is 325. The molecule has 16 heavy (non-hydrogen) atoms. The Balaban J connectivity index is 2.53. The molecule has 0 aliphatic carbocycles. The molecule has 0 aromatic heterocycles. The second kappa shape index (κ2) is 6.25. The van der Waals surface area contributed by atoms with E-state index in [1.807, 2.05) is 30.3 Å². The van der Waals surface area contributed by atoms with Gasteiger partial charge in [-0.25, -0.2) is 0 Å². The van der Waals surface area contributed by atoms with E-state index in [2.05, 4.69) is 5.32 Å². The van der Waals surface area contributed by atoms with Gasteiger partial charge in [-0.15, -0.1) is 0 Å². The molecular weight excluding hydrogens is 204 g/mol. The second-order valence-corrected chi connectivity index (χ2v) is 3.87. The highest BCUT2D eigenvalue weighted by Gasteiger charge is 2.14. The molecule has 2 unspecified atom stereocenters. The van der Waals surface area contributed by atoms with Crippen molar-refractivity contribution in [1.82, 2.24) is 5.32 Å². The van der Waals surface area contributed by atoms with Gasteiger partial charge in [-0.1, -0.05) is 30.3 Å². The van der Waals surface area contributed by atoms with Crippen molar-refractivity contribution in [2.24, 2.45) is 5.73 Å². The first-order chi connectivity index (χ1) is 7.63. The SMILES string of the molecule is CC(N)C(=O)NC(CO)Cc1ccccc1. The fourth-order valence-electron chi connectivity index (χ4n) is 1.39. The van der Waals surface area contributed by atoms with Crippen LogP contribution in [-0.4, -0.2) is 29.7 Å². The summed E-state index contributed by atoms with van der Waals surface area (Å²) >= 11 is 0. The number of aliphatic hydroxyl groups excluding tert-OH is 1. The zero-order valence-corrected chi connectivity index (χ0v) is 9.39. The Morgan fingerprint density at radius 3 is 2.56 bits per heavy atom. The molecule has 0 aliphatic heterocycles. The van der Waals surface area contributed by atoms with Crippen LogP contribution >= 0.6 is 0 Å². The minimum Gasteiger partial charge on any atom is -0.394 e. The molecule has 4 heteroatoms. The third-order valence-electron chi connectivity index (χ3n) is 2.31. The standard InChI is InChI=1S/C12H18N2O2/c1-9(13)12(16)14-11(8-15)7-10-5-3-2-4-6-10/h2-6,9,11,15H,7-8,13H2,1H3,(H,14,16). The number of benzene rings is 1. The predicted octanol–water partition coefficient (Wildman–Crippen LogP) is 0.0534. The summed E-state index contributed by atoms with van der Waals surface area (Å²) < 4.78 is 0. The van der Waals surface area contributed by atoms with E-state index in [1.165, 1.54) is 0 Å². The maximum absolute atomic E-state index is 11.4. The number of hydrogen-bond donors (Lipinski definition) is 3. The van der Waals surface area contributed by atoms with Gasteiger partial charge in [-0.3, -0.25) is 4.79 Å². The zero-order valence-electron chi connectivity index (χ0n) is 9.39. The van der Waals surface area contributed by atoms with Crippen LogP contribution in [0.3, 0.4) is 0 Å². The Morgan fingerprint density at radius 1 is 1.44 bits per heavy atom. The molecule has 0 heterocycles. The maximum Gasteiger partial charge on any atom is 0.236 e. The van der Waals surface area contributed by atoms with Crippen LogP contribution in [0.4, 0.5) is 0 Å². The monoisotopic (exact) mass is 222 g/mol. The van der Waals surface area contributed by atoms with Crippen molar-refractivity contribution in [1.29, 1.82) is 0 Å². The van der Waals surface area contributed by atoms with E-state index in [0.717, 1.165) is 5.56 Å². The number of amides is 1. The summed E-state index contributed by atoms with van der Waals surface area (Å²) in [4.78, 5) is 11.4. The van der Waals surface area contributed by atoms with Crippen molar-refractivity contribution < 1.29 is 9.90 Å². The normalized spacial score (nSPS) is 14.2. The Labute approximate surface area is 95.5 Å². The highest BCUT2D eigenvalue weighted by atomic mass is 16.3. The van der Waals surface area contributed by atoms with Crippen molar-refractivity contribution >= 4 is 5.91 Å². The number of carbonyl (C=O) groups is 1. The molecule has 0 saturated carbocycles. The van der Waals surface area contributed by atoms with Crippen LogP contribution in [0.2, 0.25) is 0 Å². The van der Waals surface area contributed by atoms with Crippen LogP contribution in [-0.2, 0) is 11.2 Å². The molecule has 1 aromatic rings. The van der Waals surface area contributed by atoms with Gasteiger partial charge in [0.05, 0.1) is 18.7 Å². The average Bonchev–Trinajstić information content (AvgIpc) is 2.29. The van der Waals surface area contributed by atoms with Gasteiger partial charge in [0.15, 0.2) is 0 Å². The minimum absolute atomic E-state index is 0.0899. The maximum atomic E-state index is 11.4. The Hall–Kier alpha value is -1.39. The molecule has 1 amide bonds. The zero-order chi connectivity index (χ0) is 12.0. The Kier molecular flexibility index (Phi) is 4.95. The van der Waals surface area contributed by atoms with Gasteiger partial charge in [0.1, 0.15) is 0 Å². The summed E-state index contributed by atoms with van der Waals surface area (Å²) in [5.74, 6) is -0.241. The van der Waals surface area contributed by atoms with E-state index in [1.54, 1.807) is 6.92 Å². The van der Waals surface area contributed by atoms with Crippen LogP contribution in [0, 0.1) is 0 Å². The van der Waals surface area contributed by atoms with Crippen molar-refractivity contribution in [2.45, 2.75) is 25.4 Å². The lowest BCUT2D eigenvalue weighted by Gasteiger charge is -2.17. The van der Waals surface area contributed by atoms with Gasteiger partial charge in [-0.05, 0) is 18.9 Å². The summed E-state index contributed by atoms with van der Waals surface area (Å²) in [6.45, 7) is 1.53. The van der Waals surface area contributed by atoms with Crippen LogP contribution < -0.4 is 11.1 Å². The predicted molar refractivity (Wildman–Crippen MR) is 62.8 cm³/mol. The first kappa shape index (κ1) is 12.7. The van der Waals surface area contributed by atoms with E-state index >= 15 is 0 Å². The Morgan fingerprint density at radius 2 is 2.06 bits per heavy atom. The van der Waals surface area contributed by atoms with Gasteiger partial charge < -0.3 is 16.2 Å². The van der Waals surface area contributed by atoms with Crippen molar-refractivity contribution in [3.05, 3.63) is 35.9 Å². The van der Waals surface area contributed by atoms with Gasteiger partial charge >= 0.3 is 0 Å². The molecule has 0 bridgehead atoms. The first-order valence-corrected chi connectivity index (χ1v) is 5.34. The fraction of sp³-hybridized carbons (Fsp3) is 0.417. The van der Waals surface area contributed by atoms with E-state index in [0.29, 0.717) is 6.42 Å². The summed E-state index contributed by atoms with van der Waals surface area (Å²) in [6.07, 6.45) is 0.607. The molecular formula is C12H18N2O2. The van der Waals surface area contributed by atoms with Crippen LogP contribution in [0.1, 0.15) is 12.5 Å². The summed E-state index contributed by atoms with van der Waals surface area (Å²) in [7, 11) is 0. The molecule has 1 aromatic carbocycles. The number of nitrogens with one attached hydrogen (secondary N) is 1. The first-order valence-electron chi connectivity index (χ1n) is 5.34.